The van der Waals surface area contributed by atoms with Crippen LogP contribution < -0.4 is 0 Å². The van der Waals surface area contributed by atoms with Gasteiger partial charge in [-0.3, -0.25) is 0 Å². The third kappa shape index (κ3) is 4.29. The molecule has 0 fully saturated rings. The topological polar surface area (TPSA) is 25.8 Å². The van der Waals surface area contributed by atoms with Gasteiger partial charge in [-0.05, 0) is 30.5 Å². The molecule has 0 aliphatic rings. The number of halogens is 1. The minimum Gasteiger partial charge on any atom is -0.233 e. The quantitative estimate of drug-likeness (QED) is 0.327. The highest BCUT2D eigenvalue weighted by Gasteiger charge is 2.12. The second-order valence-corrected chi connectivity index (χ2v) is 8.54. The molecule has 0 saturated carbocycles. The molecule has 27 heavy (non-hydrogen) atoms. The third-order valence-corrected chi connectivity index (χ3v) is 6.44. The van der Waals surface area contributed by atoms with Crippen molar-refractivity contribution in [1.82, 2.24) is 9.97 Å². The highest BCUT2D eigenvalue weighted by Crippen LogP contribution is 2.33. The normalized spacial score (nSPS) is 11.0. The second-order valence-electron chi connectivity index (χ2n) is 6.39. The molecule has 0 spiro atoms. The molecule has 0 atom stereocenters. The predicted molar refractivity (Wildman–Crippen MR) is 118 cm³/mol. The van der Waals surface area contributed by atoms with E-state index < -0.39 is 0 Å². The zero-order chi connectivity index (χ0) is 18.6. The maximum atomic E-state index is 6.09. The molecule has 0 amide bonds. The molecule has 0 bridgehead atoms. The van der Waals surface area contributed by atoms with Gasteiger partial charge in [-0.2, -0.15) is 0 Å². The first-order valence-corrected chi connectivity index (χ1v) is 11.1. The Morgan fingerprint density at radius 3 is 2.15 bits per heavy atom. The SMILES string of the molecule is CCCCc1ccc(-c2csc(-c3nc(-c4cccc(Cl)c4)cs3)n2)cc1. The minimum absolute atomic E-state index is 0.723. The monoisotopic (exact) mass is 410 g/mol. The van der Waals surface area contributed by atoms with Gasteiger partial charge >= 0.3 is 0 Å². The second kappa shape index (κ2) is 8.34. The van der Waals surface area contributed by atoms with Crippen molar-refractivity contribution in [3.8, 4) is 32.5 Å². The van der Waals surface area contributed by atoms with Crippen LogP contribution in [0.5, 0.6) is 0 Å². The Labute approximate surface area is 172 Å². The fraction of sp³-hybridized carbons (Fsp3) is 0.182. The van der Waals surface area contributed by atoms with Crippen LogP contribution in [0.1, 0.15) is 25.3 Å². The summed E-state index contributed by atoms with van der Waals surface area (Å²) in [5.41, 5.74) is 5.53. The maximum absolute atomic E-state index is 6.09. The van der Waals surface area contributed by atoms with E-state index in [0.29, 0.717) is 0 Å². The van der Waals surface area contributed by atoms with Gasteiger partial charge in [0, 0.05) is 26.9 Å². The summed E-state index contributed by atoms with van der Waals surface area (Å²) in [7, 11) is 0. The van der Waals surface area contributed by atoms with E-state index in [9.17, 15) is 0 Å². The van der Waals surface area contributed by atoms with Crippen LogP contribution in [0.25, 0.3) is 32.5 Å². The van der Waals surface area contributed by atoms with Crippen molar-refractivity contribution in [1.29, 1.82) is 0 Å². The van der Waals surface area contributed by atoms with E-state index in [0.717, 1.165) is 44.0 Å². The van der Waals surface area contributed by atoms with Gasteiger partial charge in [0.2, 0.25) is 0 Å². The standard InChI is InChI=1S/C22H19ClN2S2/c1-2-3-5-15-8-10-16(11-9-15)19-13-26-21(24-19)22-25-20(14-27-22)17-6-4-7-18(23)12-17/h4,6-14H,2-3,5H2,1H3. The molecule has 0 unspecified atom stereocenters. The molecule has 4 rings (SSSR count). The lowest BCUT2D eigenvalue weighted by molar-refractivity contribution is 0.795. The number of rotatable bonds is 6. The number of nitrogens with zero attached hydrogens (tertiary/aromatic N) is 2. The largest absolute Gasteiger partial charge is 0.233 e. The predicted octanol–water partition coefficient (Wildman–Crippen LogP) is 7.60. The fourth-order valence-electron chi connectivity index (χ4n) is 2.88. The molecule has 4 aromatic rings. The van der Waals surface area contributed by atoms with Crippen molar-refractivity contribution in [2.24, 2.45) is 0 Å². The average Bonchev–Trinajstić information content (AvgIpc) is 3.36. The molecule has 136 valence electrons. The summed E-state index contributed by atoms with van der Waals surface area (Å²) in [6.45, 7) is 2.22. The van der Waals surface area contributed by atoms with Gasteiger partial charge < -0.3 is 0 Å². The Morgan fingerprint density at radius 2 is 1.52 bits per heavy atom. The number of thiazole rings is 2. The summed E-state index contributed by atoms with van der Waals surface area (Å²) in [5, 5.41) is 6.79. The molecule has 2 nitrogen and oxygen atoms in total. The Balaban J connectivity index is 1.54. The number of aromatic nitrogens is 2. The lowest BCUT2D eigenvalue weighted by atomic mass is 10.1. The Kier molecular flexibility index (Phi) is 5.67. The van der Waals surface area contributed by atoms with Crippen molar-refractivity contribution < 1.29 is 0 Å². The van der Waals surface area contributed by atoms with E-state index in [1.54, 1.807) is 22.7 Å². The van der Waals surface area contributed by atoms with E-state index in [-0.39, 0.29) is 0 Å². The smallest absolute Gasteiger partial charge is 0.152 e. The maximum Gasteiger partial charge on any atom is 0.152 e. The van der Waals surface area contributed by atoms with E-state index in [1.165, 1.54) is 18.4 Å². The highest BCUT2D eigenvalue weighted by atomic mass is 35.5. The summed E-state index contributed by atoms with van der Waals surface area (Å²) < 4.78 is 0. The summed E-state index contributed by atoms with van der Waals surface area (Å²) in [6, 6.07) is 16.6. The molecule has 0 N–H and O–H groups in total. The van der Waals surface area contributed by atoms with Crippen molar-refractivity contribution >= 4 is 34.3 Å². The Morgan fingerprint density at radius 1 is 0.852 bits per heavy atom. The zero-order valence-corrected chi connectivity index (χ0v) is 17.4. The first-order valence-electron chi connectivity index (χ1n) is 8.99. The lowest BCUT2D eigenvalue weighted by Gasteiger charge is -2.01. The van der Waals surface area contributed by atoms with Crippen LogP contribution in [0.4, 0.5) is 0 Å². The minimum atomic E-state index is 0.723. The molecule has 0 aliphatic carbocycles. The van der Waals surface area contributed by atoms with Gasteiger partial charge in [-0.1, -0.05) is 61.3 Å². The number of hydrogen-bond acceptors (Lipinski definition) is 4. The van der Waals surface area contributed by atoms with Crippen LogP contribution in [-0.4, -0.2) is 9.97 Å². The Bertz CT molecular complexity index is 1030. The molecular weight excluding hydrogens is 392 g/mol. The molecule has 2 heterocycles. The van der Waals surface area contributed by atoms with Crippen LogP contribution in [0.15, 0.2) is 59.3 Å². The Hall–Kier alpha value is -2.01. The summed E-state index contributed by atoms with van der Waals surface area (Å²) in [6.07, 6.45) is 3.60. The number of aryl methyl sites for hydroxylation is 1. The zero-order valence-electron chi connectivity index (χ0n) is 15.0. The fourth-order valence-corrected chi connectivity index (χ4v) is 4.78. The van der Waals surface area contributed by atoms with Crippen molar-refractivity contribution in [2.45, 2.75) is 26.2 Å². The van der Waals surface area contributed by atoms with Crippen molar-refractivity contribution in [3.63, 3.8) is 0 Å². The van der Waals surface area contributed by atoms with E-state index in [1.807, 2.05) is 24.3 Å². The lowest BCUT2D eigenvalue weighted by Crippen LogP contribution is -1.85. The molecule has 5 heteroatoms. The molecule has 2 aromatic heterocycles. The van der Waals surface area contributed by atoms with Crippen molar-refractivity contribution in [2.75, 3.05) is 0 Å². The number of hydrogen-bond donors (Lipinski definition) is 0. The summed E-state index contributed by atoms with van der Waals surface area (Å²) in [5.74, 6) is 0. The first kappa shape index (κ1) is 18.4. The third-order valence-electron chi connectivity index (χ3n) is 4.38. The average molecular weight is 411 g/mol. The molecular formula is C22H19ClN2S2. The van der Waals surface area contributed by atoms with Crippen LogP contribution in [0.2, 0.25) is 5.02 Å². The molecule has 2 aromatic carbocycles. The van der Waals surface area contributed by atoms with Crippen molar-refractivity contribution in [3.05, 3.63) is 69.9 Å². The van der Waals surface area contributed by atoms with E-state index in [4.69, 9.17) is 21.6 Å². The molecule has 0 aliphatic heterocycles. The van der Waals surface area contributed by atoms with Gasteiger partial charge in [-0.25, -0.2) is 9.97 Å². The van der Waals surface area contributed by atoms with Gasteiger partial charge in [0.15, 0.2) is 10.0 Å². The van der Waals surface area contributed by atoms with Crippen LogP contribution in [0, 0.1) is 0 Å². The van der Waals surface area contributed by atoms with Gasteiger partial charge in [0.1, 0.15) is 0 Å². The highest BCUT2D eigenvalue weighted by molar-refractivity contribution is 7.20. The first-order chi connectivity index (χ1) is 13.2. The van der Waals surface area contributed by atoms with Crippen LogP contribution >= 0.6 is 34.3 Å². The molecule has 0 radical (unpaired) electrons. The van der Waals surface area contributed by atoms with Gasteiger partial charge in [-0.15, -0.1) is 22.7 Å². The van der Waals surface area contributed by atoms with Crippen LogP contribution in [-0.2, 0) is 6.42 Å². The van der Waals surface area contributed by atoms with E-state index >= 15 is 0 Å². The summed E-state index contributed by atoms with van der Waals surface area (Å²) in [4.78, 5) is 9.56. The van der Waals surface area contributed by atoms with Gasteiger partial charge in [0.25, 0.3) is 0 Å². The van der Waals surface area contributed by atoms with E-state index in [2.05, 4.69) is 41.9 Å². The molecule has 0 saturated heterocycles. The van der Waals surface area contributed by atoms with Crippen LogP contribution in [0.3, 0.4) is 0 Å². The van der Waals surface area contributed by atoms with Gasteiger partial charge in [0.05, 0.1) is 11.4 Å². The number of benzene rings is 2. The number of unbranched alkanes of at least 4 members (excludes halogenated alkanes) is 1. The summed E-state index contributed by atoms with van der Waals surface area (Å²) >= 11 is 9.35.